The number of aryl methyl sites for hydroxylation is 5. The van der Waals surface area contributed by atoms with Crippen molar-refractivity contribution in [2.24, 2.45) is 0 Å². The van der Waals surface area contributed by atoms with Crippen molar-refractivity contribution in [3.8, 4) is 67.2 Å². The number of pyridine rings is 3. The van der Waals surface area contributed by atoms with Crippen LogP contribution in [0.15, 0.2) is 231 Å². The molecule has 8 aromatic carbocycles. The molecular formula is C64H49N3. The van der Waals surface area contributed by atoms with Gasteiger partial charge in [-0.3, -0.25) is 15.0 Å². The Morgan fingerprint density at radius 3 is 1.48 bits per heavy atom. The number of nitrogens with zero attached hydrogens (tertiary/aromatic N) is 3. The van der Waals surface area contributed by atoms with Crippen molar-refractivity contribution in [1.29, 1.82) is 0 Å². The average Bonchev–Trinajstić information content (AvgIpc) is 3.40. The third-order valence-corrected chi connectivity index (χ3v) is 13.1. The second-order valence-electron chi connectivity index (χ2n) is 17.6. The second-order valence-corrected chi connectivity index (χ2v) is 17.6. The third-order valence-electron chi connectivity index (χ3n) is 13.1. The first-order valence-electron chi connectivity index (χ1n) is 23.3. The molecule has 67 heavy (non-hydrogen) atoms. The van der Waals surface area contributed by atoms with Crippen LogP contribution in [0.3, 0.4) is 0 Å². The summed E-state index contributed by atoms with van der Waals surface area (Å²) in [5.41, 5.74) is 20.0. The molecule has 3 nitrogen and oxygen atoms in total. The summed E-state index contributed by atoms with van der Waals surface area (Å²) in [5, 5.41) is 5.01. The van der Waals surface area contributed by atoms with Crippen LogP contribution >= 0.6 is 0 Å². The second kappa shape index (κ2) is 18.7. The van der Waals surface area contributed by atoms with Crippen molar-refractivity contribution < 1.29 is 0 Å². The summed E-state index contributed by atoms with van der Waals surface area (Å²) in [6, 6.07) is 77.5. The SMILES string of the molecule is Cc1ccc(-c2ccc(-c3ccccc3-c3cc(CCc4ccc(-c5ccccn5)cc4)cc(CCc4ccc(-c5ccccn5)cc4)c3)c(-c3ccc4c(ccc5ccccc54)c3)c2)nc1. The summed E-state index contributed by atoms with van der Waals surface area (Å²) < 4.78 is 0. The number of hydrogen-bond donors (Lipinski definition) is 0. The molecule has 11 aromatic rings. The van der Waals surface area contributed by atoms with Crippen LogP contribution < -0.4 is 0 Å². The zero-order valence-electron chi connectivity index (χ0n) is 37.6. The summed E-state index contributed by atoms with van der Waals surface area (Å²) in [5.74, 6) is 0. The number of hydrogen-bond acceptors (Lipinski definition) is 3. The van der Waals surface area contributed by atoms with E-state index in [-0.39, 0.29) is 0 Å². The molecule has 0 spiro atoms. The van der Waals surface area contributed by atoms with Crippen molar-refractivity contribution in [2.75, 3.05) is 0 Å². The molecule has 0 amide bonds. The van der Waals surface area contributed by atoms with Gasteiger partial charge in [-0.25, -0.2) is 0 Å². The largest absolute Gasteiger partial charge is 0.256 e. The van der Waals surface area contributed by atoms with Gasteiger partial charge < -0.3 is 0 Å². The van der Waals surface area contributed by atoms with Gasteiger partial charge in [-0.05, 0) is 158 Å². The molecule has 0 saturated heterocycles. The summed E-state index contributed by atoms with van der Waals surface area (Å²) in [6.45, 7) is 2.09. The van der Waals surface area contributed by atoms with E-state index in [1.807, 2.05) is 42.9 Å². The van der Waals surface area contributed by atoms with Gasteiger partial charge >= 0.3 is 0 Å². The normalized spacial score (nSPS) is 11.3. The van der Waals surface area contributed by atoms with Gasteiger partial charge in [0.25, 0.3) is 0 Å². The van der Waals surface area contributed by atoms with E-state index in [4.69, 9.17) is 4.98 Å². The predicted molar refractivity (Wildman–Crippen MR) is 280 cm³/mol. The van der Waals surface area contributed by atoms with Crippen molar-refractivity contribution >= 4 is 21.5 Å². The Hall–Kier alpha value is -8.27. The van der Waals surface area contributed by atoms with E-state index in [9.17, 15) is 0 Å². The predicted octanol–water partition coefficient (Wildman–Crippen LogP) is 16.1. The highest BCUT2D eigenvalue weighted by molar-refractivity contribution is 6.09. The van der Waals surface area contributed by atoms with Crippen LogP contribution in [0.4, 0.5) is 0 Å². The highest BCUT2D eigenvalue weighted by atomic mass is 14.7. The molecular weight excluding hydrogens is 811 g/mol. The maximum atomic E-state index is 4.86. The molecule has 3 heterocycles. The van der Waals surface area contributed by atoms with Gasteiger partial charge in [0.2, 0.25) is 0 Å². The first-order chi connectivity index (χ1) is 33.1. The van der Waals surface area contributed by atoms with Gasteiger partial charge in [0.1, 0.15) is 0 Å². The molecule has 0 unspecified atom stereocenters. The van der Waals surface area contributed by atoms with E-state index in [0.717, 1.165) is 65.0 Å². The van der Waals surface area contributed by atoms with Gasteiger partial charge in [-0.15, -0.1) is 0 Å². The molecule has 0 bridgehead atoms. The van der Waals surface area contributed by atoms with Crippen molar-refractivity contribution in [3.63, 3.8) is 0 Å². The van der Waals surface area contributed by atoms with Gasteiger partial charge in [0.15, 0.2) is 0 Å². The lowest BCUT2D eigenvalue weighted by atomic mass is 9.86. The summed E-state index contributed by atoms with van der Waals surface area (Å²) in [6.07, 6.45) is 9.41. The Balaban J connectivity index is 0.980. The van der Waals surface area contributed by atoms with Crippen LogP contribution in [0.5, 0.6) is 0 Å². The molecule has 0 atom stereocenters. The topological polar surface area (TPSA) is 38.7 Å². The Morgan fingerprint density at radius 1 is 0.299 bits per heavy atom. The van der Waals surface area contributed by atoms with Crippen molar-refractivity contribution in [2.45, 2.75) is 32.6 Å². The zero-order chi connectivity index (χ0) is 44.9. The summed E-state index contributed by atoms with van der Waals surface area (Å²) >= 11 is 0. The molecule has 0 aliphatic rings. The molecule has 11 rings (SSSR count). The fourth-order valence-electron chi connectivity index (χ4n) is 9.50. The lowest BCUT2D eigenvalue weighted by molar-refractivity contribution is 0.931. The molecule has 0 aliphatic heterocycles. The highest BCUT2D eigenvalue weighted by Crippen LogP contribution is 2.42. The minimum Gasteiger partial charge on any atom is -0.256 e. The standard InChI is InChI=1S/C64H49N3/c1-44-16-35-64(67-43-44)54-32-34-60(61(42-54)53-31-33-58-52(41-53)30-29-49-10-2-3-11-56(49)58)59-13-5-4-12-57(59)55-39-47(19-17-45-21-25-50(26-22-45)62-14-6-8-36-65-62)38-48(40-55)20-18-46-23-27-51(28-24-46)63-15-7-9-37-66-63/h2-16,21-43H,17-20H2,1H3. The molecule has 320 valence electrons. The lowest BCUT2D eigenvalue weighted by Crippen LogP contribution is -1.98. The van der Waals surface area contributed by atoms with Crippen LogP contribution in [0.2, 0.25) is 0 Å². The van der Waals surface area contributed by atoms with E-state index >= 15 is 0 Å². The van der Waals surface area contributed by atoms with Crippen LogP contribution in [0.1, 0.15) is 27.8 Å². The Labute approximate surface area is 393 Å². The number of benzene rings is 8. The molecule has 0 saturated carbocycles. The fraction of sp³-hybridized carbons (Fsp3) is 0.0781. The monoisotopic (exact) mass is 859 g/mol. The van der Waals surface area contributed by atoms with Crippen molar-refractivity contribution in [1.82, 2.24) is 15.0 Å². The van der Waals surface area contributed by atoms with Crippen LogP contribution in [-0.4, -0.2) is 15.0 Å². The van der Waals surface area contributed by atoms with Crippen molar-refractivity contribution in [3.05, 3.63) is 259 Å². The zero-order valence-corrected chi connectivity index (χ0v) is 37.6. The van der Waals surface area contributed by atoms with Gasteiger partial charge in [0, 0.05) is 35.3 Å². The number of rotatable bonds is 12. The fourth-order valence-corrected chi connectivity index (χ4v) is 9.50. The van der Waals surface area contributed by atoms with E-state index in [1.54, 1.807) is 0 Å². The Bertz CT molecular complexity index is 3380. The maximum absolute atomic E-state index is 4.86. The molecule has 3 heteroatoms. The molecule has 0 aliphatic carbocycles. The first-order valence-corrected chi connectivity index (χ1v) is 23.3. The molecule has 3 aromatic heterocycles. The smallest absolute Gasteiger partial charge is 0.0702 e. The minimum atomic E-state index is 0.931. The Morgan fingerprint density at radius 2 is 0.836 bits per heavy atom. The summed E-state index contributed by atoms with van der Waals surface area (Å²) in [7, 11) is 0. The lowest BCUT2D eigenvalue weighted by Gasteiger charge is -2.18. The summed E-state index contributed by atoms with van der Waals surface area (Å²) in [4.78, 5) is 14.0. The van der Waals surface area contributed by atoms with Crippen LogP contribution in [-0.2, 0) is 25.7 Å². The van der Waals surface area contributed by atoms with E-state index in [0.29, 0.717) is 0 Å². The van der Waals surface area contributed by atoms with E-state index in [2.05, 4.69) is 205 Å². The maximum Gasteiger partial charge on any atom is 0.0702 e. The van der Waals surface area contributed by atoms with E-state index in [1.165, 1.54) is 77.2 Å². The highest BCUT2D eigenvalue weighted by Gasteiger charge is 2.17. The minimum absolute atomic E-state index is 0.931. The van der Waals surface area contributed by atoms with Gasteiger partial charge in [-0.1, -0.05) is 170 Å². The number of aromatic nitrogens is 3. The first kappa shape index (κ1) is 41.4. The Kier molecular flexibility index (Phi) is 11.6. The van der Waals surface area contributed by atoms with Gasteiger partial charge in [0.05, 0.1) is 17.1 Å². The quantitative estimate of drug-likeness (QED) is 0.115. The molecule has 0 N–H and O–H groups in total. The van der Waals surface area contributed by atoms with E-state index < -0.39 is 0 Å². The molecule has 0 radical (unpaired) electrons. The number of fused-ring (bicyclic) bond motifs is 3. The van der Waals surface area contributed by atoms with Gasteiger partial charge in [-0.2, -0.15) is 0 Å². The van der Waals surface area contributed by atoms with Crippen LogP contribution in [0, 0.1) is 6.92 Å². The van der Waals surface area contributed by atoms with Crippen LogP contribution in [0.25, 0.3) is 88.7 Å². The molecule has 0 fully saturated rings. The third kappa shape index (κ3) is 9.05. The average molecular weight is 860 g/mol.